The lowest BCUT2D eigenvalue weighted by Crippen LogP contribution is -2.69. The maximum absolute atomic E-state index is 10.6. The third kappa shape index (κ3) is 2.31. The van der Waals surface area contributed by atoms with Crippen molar-refractivity contribution in [3.63, 3.8) is 0 Å². The quantitative estimate of drug-likeness (QED) is 0.641. The first-order valence-corrected chi connectivity index (χ1v) is 4.45. The molecule has 0 amide bonds. The van der Waals surface area contributed by atoms with E-state index in [4.69, 9.17) is 5.53 Å². The summed E-state index contributed by atoms with van der Waals surface area (Å²) in [6.45, 7) is 0. The van der Waals surface area contributed by atoms with Crippen LogP contribution in [0.5, 0.6) is 5.75 Å². The lowest BCUT2D eigenvalue weighted by Gasteiger charge is -1.97. The van der Waals surface area contributed by atoms with Gasteiger partial charge in [0.25, 0.3) is 0 Å². The molecule has 1 N–H and O–H groups in total. The van der Waals surface area contributed by atoms with Crippen LogP contribution < -0.4 is 8.70 Å². The Morgan fingerprint density at radius 3 is 2.33 bits per heavy atom. The molecule has 0 radical (unpaired) electrons. The number of rotatable bonds is 3. The van der Waals surface area contributed by atoms with Gasteiger partial charge in [0.1, 0.15) is 5.75 Å². The monoisotopic (exact) mass is 186 g/mol. The van der Waals surface area contributed by atoms with Crippen LogP contribution in [0.2, 0.25) is 0 Å². The Morgan fingerprint density at radius 1 is 1.25 bits per heavy atom. The second-order valence-electron chi connectivity index (χ2n) is 1.94. The van der Waals surface area contributed by atoms with Crippen molar-refractivity contribution in [3.05, 3.63) is 35.9 Å². The maximum Gasteiger partial charge on any atom is 0.547 e. The van der Waals surface area contributed by atoms with E-state index in [9.17, 15) is 8.42 Å². The van der Waals surface area contributed by atoms with Crippen LogP contribution in [0.3, 0.4) is 0 Å². The molecule has 0 aliphatic carbocycles. The van der Waals surface area contributed by atoms with Crippen molar-refractivity contribution in [1.29, 1.82) is 0 Å². The van der Waals surface area contributed by atoms with E-state index in [1.54, 1.807) is 18.2 Å². The highest BCUT2D eigenvalue weighted by atomic mass is 32.2. The number of hydrogen-bond donors (Lipinski definition) is 1. The average Bonchev–Trinajstić information content (AvgIpc) is 2.06. The van der Waals surface area contributed by atoms with E-state index in [2.05, 4.69) is 4.18 Å². The van der Waals surface area contributed by atoms with Crippen molar-refractivity contribution in [3.8, 4) is 5.75 Å². The third-order valence-corrected chi connectivity index (χ3v) is 1.70. The Morgan fingerprint density at radius 2 is 1.83 bits per heavy atom. The van der Waals surface area contributed by atoms with Gasteiger partial charge in [-0.05, 0) is 12.1 Å². The fraction of sp³-hybridized carbons (Fsp3) is 0. The highest BCUT2D eigenvalue weighted by Gasteiger charge is 2.11. The summed E-state index contributed by atoms with van der Waals surface area (Å²) in [5, 5.41) is 0. The van der Waals surface area contributed by atoms with E-state index >= 15 is 0 Å². The molecule has 0 unspecified atom stereocenters. The predicted molar refractivity (Wildman–Crippen MR) is 40.3 cm³/mol. The van der Waals surface area contributed by atoms with E-state index in [1.165, 1.54) is 12.1 Å². The number of para-hydroxylation sites is 1. The molecule has 1 aromatic rings. The summed E-state index contributed by atoms with van der Waals surface area (Å²) < 4.78 is 26.6. The molecule has 1 rings (SSSR count). The van der Waals surface area contributed by atoms with E-state index in [0.29, 0.717) is 0 Å². The van der Waals surface area contributed by atoms with Crippen LogP contribution in [0.15, 0.2) is 30.3 Å². The molecule has 64 valence electrons. The minimum absolute atomic E-state index is 0.138. The number of nitrogens with one attached hydrogen (secondary N) is 1. The summed E-state index contributed by atoms with van der Waals surface area (Å²) in [5.74, 6) is 0.138. The molecule has 5 nitrogen and oxygen atoms in total. The zero-order chi connectivity index (χ0) is 9.03. The molecule has 6 heteroatoms. The lowest BCUT2D eigenvalue weighted by atomic mass is 10.3. The Kier molecular flexibility index (Phi) is 2.39. The molecule has 0 aliphatic heterocycles. The molecule has 0 bridgehead atoms. The zero-order valence-electron chi connectivity index (χ0n) is 5.97. The van der Waals surface area contributed by atoms with Crippen molar-refractivity contribution in [2.24, 2.45) is 0 Å². The molecular formula is C6H6N2O3S. The van der Waals surface area contributed by atoms with Gasteiger partial charge in [-0.1, -0.05) is 18.2 Å². The second-order valence-corrected chi connectivity index (χ2v) is 3.20. The minimum Gasteiger partial charge on any atom is -0.486 e. The Bertz CT molecular complexity index is 360. The van der Waals surface area contributed by atoms with Crippen molar-refractivity contribution >= 4 is 10.3 Å². The maximum atomic E-state index is 10.6. The molecule has 12 heavy (non-hydrogen) atoms. The summed E-state index contributed by atoms with van der Waals surface area (Å²) in [6, 6.07) is 7.85. The van der Waals surface area contributed by atoms with E-state index in [0.717, 1.165) is 4.52 Å². The van der Waals surface area contributed by atoms with E-state index in [1.807, 2.05) is 0 Å². The molecule has 1 aromatic carbocycles. The summed E-state index contributed by atoms with van der Waals surface area (Å²) >= 11 is 0. The first kappa shape index (κ1) is 8.66. The third-order valence-electron chi connectivity index (χ3n) is 1.06. The smallest absolute Gasteiger partial charge is 0.486 e. The normalized spacial score (nSPS) is 10.7. The van der Waals surface area contributed by atoms with Crippen LogP contribution in [0.1, 0.15) is 0 Å². The van der Waals surface area contributed by atoms with Gasteiger partial charge in [0, 0.05) is 0 Å². The second kappa shape index (κ2) is 3.31. The van der Waals surface area contributed by atoms with Crippen LogP contribution in [0.25, 0.3) is 5.53 Å². The fourth-order valence-electron chi connectivity index (χ4n) is 0.621. The first-order chi connectivity index (χ1) is 5.64. The molecule has 0 atom stereocenters. The topological polar surface area (TPSA) is 79.6 Å². The molecule has 0 heterocycles. The van der Waals surface area contributed by atoms with Crippen LogP contribution >= 0.6 is 0 Å². The van der Waals surface area contributed by atoms with Gasteiger partial charge in [-0.2, -0.15) is 4.52 Å². The van der Waals surface area contributed by atoms with Gasteiger partial charge in [0.05, 0.1) is 0 Å². The van der Waals surface area contributed by atoms with Crippen molar-refractivity contribution in [2.45, 2.75) is 0 Å². The van der Waals surface area contributed by atoms with E-state index in [-0.39, 0.29) is 5.75 Å². The van der Waals surface area contributed by atoms with Gasteiger partial charge >= 0.3 is 10.3 Å². The standard InChI is InChI=1S/C6H6N2O3S/c7-8-12(9,10)11-6-4-2-1-3-5-6/h1-5,8H. The summed E-state index contributed by atoms with van der Waals surface area (Å²) in [4.78, 5) is 0. The van der Waals surface area contributed by atoms with Crippen molar-refractivity contribution < 1.29 is 17.1 Å². The molecule has 0 saturated heterocycles. The molecular weight excluding hydrogens is 180 g/mol. The average molecular weight is 186 g/mol. The minimum atomic E-state index is -4.07. The number of nitrogens with zero attached hydrogens (tertiary/aromatic N) is 1. The van der Waals surface area contributed by atoms with Gasteiger partial charge in [0.2, 0.25) is 0 Å². The zero-order valence-corrected chi connectivity index (χ0v) is 6.78. The Hall–Kier alpha value is -1.43. The summed E-state index contributed by atoms with van der Waals surface area (Å²) in [7, 11) is -4.07. The molecule has 0 spiro atoms. The van der Waals surface area contributed by atoms with Gasteiger partial charge in [-0.25, -0.2) is 0 Å². The highest BCUT2D eigenvalue weighted by Crippen LogP contribution is 2.08. The SMILES string of the molecule is [N-]=[NH+]S(=O)(=O)Oc1ccccc1. The van der Waals surface area contributed by atoms with Gasteiger partial charge in [-0.3, -0.25) is 0 Å². The largest absolute Gasteiger partial charge is 0.547 e. The van der Waals surface area contributed by atoms with Gasteiger partial charge in [-0.15, -0.1) is 8.42 Å². The van der Waals surface area contributed by atoms with Crippen molar-refractivity contribution in [1.82, 2.24) is 0 Å². The molecule has 0 saturated carbocycles. The Balaban J connectivity index is 2.85. The van der Waals surface area contributed by atoms with Gasteiger partial charge < -0.3 is 9.71 Å². The predicted octanol–water partition coefficient (Wildman–Crippen LogP) is -0.588. The molecule has 0 aliphatic rings. The fourth-order valence-corrected chi connectivity index (χ4v) is 1.02. The summed E-state index contributed by atoms with van der Waals surface area (Å²) in [6.07, 6.45) is 0. The van der Waals surface area contributed by atoms with Crippen LogP contribution in [-0.2, 0) is 10.3 Å². The highest BCUT2D eigenvalue weighted by molar-refractivity contribution is 7.80. The van der Waals surface area contributed by atoms with Crippen LogP contribution in [0.4, 0.5) is 0 Å². The van der Waals surface area contributed by atoms with Crippen LogP contribution in [-0.4, -0.2) is 8.42 Å². The van der Waals surface area contributed by atoms with E-state index < -0.39 is 10.3 Å². The molecule has 0 fully saturated rings. The van der Waals surface area contributed by atoms with Crippen molar-refractivity contribution in [2.75, 3.05) is 0 Å². The lowest BCUT2D eigenvalue weighted by molar-refractivity contribution is -0.305. The van der Waals surface area contributed by atoms with Gasteiger partial charge in [0.15, 0.2) is 0 Å². The number of hydrogen-bond acceptors (Lipinski definition) is 3. The Labute approximate surface area is 69.8 Å². The number of benzene rings is 1. The summed E-state index contributed by atoms with van der Waals surface area (Å²) in [5.41, 5.74) is 8.09. The van der Waals surface area contributed by atoms with Crippen LogP contribution in [0, 0.1) is 0 Å². The first-order valence-electron chi connectivity index (χ1n) is 3.04. The molecule has 0 aromatic heterocycles.